The van der Waals surface area contributed by atoms with Crippen LogP contribution in [0.4, 0.5) is 13.2 Å². The molecule has 0 unspecified atom stereocenters. The molecule has 2 aromatic heterocycles. The van der Waals surface area contributed by atoms with E-state index in [2.05, 4.69) is 9.69 Å². The van der Waals surface area contributed by atoms with Gasteiger partial charge >= 0.3 is 6.18 Å². The molecule has 4 aromatic rings. The van der Waals surface area contributed by atoms with Gasteiger partial charge in [-0.05, 0) is 54.0 Å². The van der Waals surface area contributed by atoms with E-state index in [4.69, 9.17) is 5.11 Å². The number of hydrogen-bond donors (Lipinski definition) is 2. The van der Waals surface area contributed by atoms with Crippen LogP contribution in [0.2, 0.25) is 0 Å². The normalized spacial score (nSPS) is 12.0. The molecule has 0 atom stereocenters. The molecular weight excluding hydrogens is 391 g/mol. The van der Waals surface area contributed by atoms with Gasteiger partial charge in [-0.2, -0.15) is 17.5 Å². The number of alkyl halides is 3. The number of aromatic nitrogens is 2. The predicted molar refractivity (Wildman–Crippen MR) is 101 cm³/mol. The fourth-order valence-electron chi connectivity index (χ4n) is 3.11. The first-order valence-corrected chi connectivity index (χ1v) is 9.19. The number of fused-ring (bicyclic) bond motifs is 3. The molecule has 0 fully saturated rings. The van der Waals surface area contributed by atoms with E-state index in [0.717, 1.165) is 28.4 Å². The number of rotatable bonds is 4. The van der Waals surface area contributed by atoms with Crippen LogP contribution >= 0.6 is 11.5 Å². The summed E-state index contributed by atoms with van der Waals surface area (Å²) in [5.74, 6) is -0.311. The van der Waals surface area contributed by atoms with Crippen LogP contribution in [-0.2, 0) is 6.18 Å². The van der Waals surface area contributed by atoms with Gasteiger partial charge < -0.3 is 10.4 Å². The van der Waals surface area contributed by atoms with Crippen molar-refractivity contribution in [3.8, 4) is 5.69 Å². The first-order valence-electron chi connectivity index (χ1n) is 8.35. The molecule has 0 radical (unpaired) electrons. The van der Waals surface area contributed by atoms with Crippen molar-refractivity contribution in [3.05, 3.63) is 59.0 Å². The minimum absolute atomic E-state index is 0.152. The third-order valence-corrected chi connectivity index (χ3v) is 5.02. The molecule has 5 nitrogen and oxygen atoms in total. The summed E-state index contributed by atoms with van der Waals surface area (Å²) in [4.78, 5) is 12.2. The highest BCUT2D eigenvalue weighted by atomic mass is 32.1. The molecule has 0 aliphatic rings. The number of carbonyl (C=O) groups is 1. The summed E-state index contributed by atoms with van der Waals surface area (Å²) in [5, 5.41) is 14.9. The van der Waals surface area contributed by atoms with Crippen molar-refractivity contribution in [3.63, 3.8) is 0 Å². The lowest BCUT2D eigenvalue weighted by Crippen LogP contribution is -2.26. The standard InChI is InChI=1S/C19H14F3N3O2S/c20-19(21,22)12-2-4-13(5-3-12)25-16-6-1-11(18(27)23-7-8-26)9-14(16)15-10-28-24-17(15)25/h1-6,9-10,26H,7-8H2,(H,23,27). The van der Waals surface area contributed by atoms with E-state index in [-0.39, 0.29) is 19.1 Å². The van der Waals surface area contributed by atoms with E-state index in [0.29, 0.717) is 16.9 Å². The smallest absolute Gasteiger partial charge is 0.395 e. The van der Waals surface area contributed by atoms with Crippen molar-refractivity contribution in [1.29, 1.82) is 0 Å². The molecule has 2 N–H and O–H groups in total. The average Bonchev–Trinajstić information content (AvgIpc) is 3.25. The Hall–Kier alpha value is -2.91. The first-order chi connectivity index (χ1) is 13.4. The van der Waals surface area contributed by atoms with Crippen LogP contribution in [-0.4, -0.2) is 33.1 Å². The van der Waals surface area contributed by atoms with Gasteiger partial charge in [0.15, 0.2) is 5.65 Å². The third-order valence-electron chi connectivity index (χ3n) is 4.40. The summed E-state index contributed by atoms with van der Waals surface area (Å²) in [6, 6.07) is 9.99. The molecule has 2 aromatic carbocycles. The molecular formula is C19H14F3N3O2S. The van der Waals surface area contributed by atoms with E-state index < -0.39 is 11.7 Å². The zero-order valence-electron chi connectivity index (χ0n) is 14.3. The maximum Gasteiger partial charge on any atom is 0.416 e. The van der Waals surface area contributed by atoms with Gasteiger partial charge in [-0.25, -0.2) is 0 Å². The highest BCUT2D eigenvalue weighted by molar-refractivity contribution is 7.05. The van der Waals surface area contributed by atoms with Crippen molar-refractivity contribution >= 4 is 39.4 Å². The van der Waals surface area contributed by atoms with Crippen LogP contribution in [0, 0.1) is 0 Å². The predicted octanol–water partition coefficient (Wildman–Crippen LogP) is 3.98. The molecule has 0 aliphatic heterocycles. The van der Waals surface area contributed by atoms with Crippen LogP contribution < -0.4 is 5.32 Å². The lowest BCUT2D eigenvalue weighted by atomic mass is 10.1. The summed E-state index contributed by atoms with van der Waals surface area (Å²) in [5.41, 5.74) is 1.62. The zero-order chi connectivity index (χ0) is 19.9. The summed E-state index contributed by atoms with van der Waals surface area (Å²) in [6.07, 6.45) is -4.40. The molecule has 1 amide bonds. The second kappa shape index (κ2) is 6.92. The Morgan fingerprint density at radius 2 is 1.89 bits per heavy atom. The number of nitrogens with one attached hydrogen (secondary N) is 1. The van der Waals surface area contributed by atoms with Gasteiger partial charge in [-0.15, -0.1) is 0 Å². The Morgan fingerprint density at radius 1 is 1.14 bits per heavy atom. The molecule has 0 aliphatic carbocycles. The van der Waals surface area contributed by atoms with Crippen LogP contribution in [0.5, 0.6) is 0 Å². The summed E-state index contributed by atoms with van der Waals surface area (Å²) in [7, 11) is 0. The van der Waals surface area contributed by atoms with Crippen molar-refractivity contribution < 1.29 is 23.1 Å². The second-order valence-corrected chi connectivity index (χ2v) is 6.77. The number of nitrogens with zero attached hydrogens (tertiary/aromatic N) is 2. The van der Waals surface area contributed by atoms with Crippen molar-refractivity contribution in [2.45, 2.75) is 6.18 Å². The highest BCUT2D eigenvalue weighted by Crippen LogP contribution is 2.34. The van der Waals surface area contributed by atoms with Crippen LogP contribution in [0.25, 0.3) is 27.6 Å². The molecule has 0 bridgehead atoms. The number of amides is 1. The number of hydrogen-bond acceptors (Lipinski definition) is 4. The molecule has 9 heteroatoms. The first kappa shape index (κ1) is 18.5. The van der Waals surface area contributed by atoms with Gasteiger partial charge in [0.25, 0.3) is 5.91 Å². The SMILES string of the molecule is O=C(NCCO)c1ccc2c(c1)c1csnc1n2-c1ccc(C(F)(F)F)cc1. The molecule has 28 heavy (non-hydrogen) atoms. The third kappa shape index (κ3) is 3.12. The minimum atomic E-state index is -4.40. The molecule has 0 saturated heterocycles. The van der Waals surface area contributed by atoms with E-state index in [1.54, 1.807) is 22.8 Å². The van der Waals surface area contributed by atoms with Crippen molar-refractivity contribution in [2.24, 2.45) is 0 Å². The molecule has 2 heterocycles. The Balaban J connectivity index is 1.84. The molecule has 0 saturated carbocycles. The van der Waals surface area contributed by atoms with Crippen LogP contribution in [0.1, 0.15) is 15.9 Å². The Morgan fingerprint density at radius 3 is 2.57 bits per heavy atom. The highest BCUT2D eigenvalue weighted by Gasteiger charge is 2.30. The number of carbonyl (C=O) groups excluding carboxylic acids is 1. The van der Waals surface area contributed by atoms with E-state index in [1.165, 1.54) is 23.7 Å². The maximum absolute atomic E-state index is 12.9. The molecule has 4 rings (SSSR count). The lowest BCUT2D eigenvalue weighted by molar-refractivity contribution is -0.137. The Kier molecular flexibility index (Phi) is 4.56. The number of halogens is 3. The van der Waals surface area contributed by atoms with Gasteiger partial charge in [0.2, 0.25) is 0 Å². The van der Waals surface area contributed by atoms with Crippen molar-refractivity contribution in [1.82, 2.24) is 14.3 Å². The summed E-state index contributed by atoms with van der Waals surface area (Å²) >= 11 is 1.23. The summed E-state index contributed by atoms with van der Waals surface area (Å²) in [6.45, 7) is -0.00413. The molecule has 0 spiro atoms. The fraction of sp³-hybridized carbons (Fsp3) is 0.158. The van der Waals surface area contributed by atoms with Crippen molar-refractivity contribution in [2.75, 3.05) is 13.2 Å². The van der Waals surface area contributed by atoms with Crippen LogP contribution in [0.3, 0.4) is 0 Å². The molecule has 144 valence electrons. The van der Waals surface area contributed by atoms with E-state index in [1.807, 2.05) is 5.38 Å². The largest absolute Gasteiger partial charge is 0.416 e. The van der Waals surface area contributed by atoms with Crippen LogP contribution in [0.15, 0.2) is 47.8 Å². The van der Waals surface area contributed by atoms with E-state index >= 15 is 0 Å². The number of aliphatic hydroxyl groups is 1. The number of benzene rings is 2. The monoisotopic (exact) mass is 405 g/mol. The zero-order valence-corrected chi connectivity index (χ0v) is 15.1. The number of aliphatic hydroxyl groups excluding tert-OH is 1. The average molecular weight is 405 g/mol. The van der Waals surface area contributed by atoms with Gasteiger partial charge in [-0.3, -0.25) is 9.36 Å². The Labute approximate surface area is 161 Å². The quantitative estimate of drug-likeness (QED) is 0.540. The van der Waals surface area contributed by atoms with E-state index in [9.17, 15) is 18.0 Å². The van der Waals surface area contributed by atoms with Gasteiger partial charge in [0.05, 0.1) is 17.7 Å². The summed E-state index contributed by atoms with van der Waals surface area (Å²) < 4.78 is 44.7. The fourth-order valence-corrected chi connectivity index (χ4v) is 3.78. The minimum Gasteiger partial charge on any atom is -0.395 e. The van der Waals surface area contributed by atoms with Gasteiger partial charge in [-0.1, -0.05) is 0 Å². The topological polar surface area (TPSA) is 67.2 Å². The lowest BCUT2D eigenvalue weighted by Gasteiger charge is -2.10. The maximum atomic E-state index is 12.9. The van der Waals surface area contributed by atoms with Gasteiger partial charge in [0, 0.05) is 33.9 Å². The second-order valence-electron chi connectivity index (χ2n) is 6.14. The van der Waals surface area contributed by atoms with Gasteiger partial charge in [0.1, 0.15) is 0 Å². The Bertz CT molecular complexity index is 1160.